The van der Waals surface area contributed by atoms with Crippen molar-refractivity contribution in [2.24, 2.45) is 11.3 Å². The predicted molar refractivity (Wildman–Crippen MR) is 86.0 cm³/mol. The van der Waals surface area contributed by atoms with Crippen LogP contribution in [-0.4, -0.2) is 37.1 Å². The summed E-state index contributed by atoms with van der Waals surface area (Å²) in [6.45, 7) is 5.09. The summed E-state index contributed by atoms with van der Waals surface area (Å²) in [4.78, 5) is 2.74. The lowest BCUT2D eigenvalue weighted by molar-refractivity contribution is 0.0840. The van der Waals surface area contributed by atoms with Crippen LogP contribution in [-0.2, 0) is 0 Å². The second-order valence-electron chi connectivity index (χ2n) is 8.11. The lowest BCUT2D eigenvalue weighted by Gasteiger charge is -2.41. The Morgan fingerprint density at radius 2 is 1.70 bits per heavy atom. The molecule has 3 aliphatic rings. The van der Waals surface area contributed by atoms with Crippen LogP contribution >= 0.6 is 0 Å². The van der Waals surface area contributed by atoms with Crippen molar-refractivity contribution in [1.82, 2.24) is 10.2 Å². The molecule has 0 aromatic heterocycles. The van der Waals surface area contributed by atoms with Crippen LogP contribution in [0.4, 0.5) is 0 Å². The Morgan fingerprint density at radius 1 is 1.00 bits per heavy atom. The van der Waals surface area contributed by atoms with Gasteiger partial charge >= 0.3 is 0 Å². The molecule has 2 unspecified atom stereocenters. The first kappa shape index (κ1) is 14.8. The highest BCUT2D eigenvalue weighted by atomic mass is 15.1. The summed E-state index contributed by atoms with van der Waals surface area (Å²) in [5.74, 6) is 0.906. The zero-order valence-corrected chi connectivity index (χ0v) is 13.7. The molecule has 0 aromatic carbocycles. The summed E-state index contributed by atoms with van der Waals surface area (Å²) in [6, 6.07) is 1.72. The van der Waals surface area contributed by atoms with Crippen molar-refractivity contribution in [2.45, 2.75) is 83.2 Å². The van der Waals surface area contributed by atoms with Crippen LogP contribution < -0.4 is 5.32 Å². The molecule has 2 nitrogen and oxygen atoms in total. The predicted octanol–water partition coefficient (Wildman–Crippen LogP) is 3.81. The summed E-state index contributed by atoms with van der Waals surface area (Å²) < 4.78 is 0. The highest BCUT2D eigenvalue weighted by molar-refractivity contribution is 4.94. The molecule has 3 rings (SSSR count). The maximum atomic E-state index is 3.83. The maximum Gasteiger partial charge on any atom is 0.0118 e. The van der Waals surface area contributed by atoms with Crippen LogP contribution in [0.25, 0.3) is 0 Å². The highest BCUT2D eigenvalue weighted by Gasteiger charge is 2.38. The molecular formula is C18H34N2. The zero-order chi connectivity index (χ0) is 14.0. The third-order valence-corrected chi connectivity index (χ3v) is 6.22. The van der Waals surface area contributed by atoms with E-state index in [1.54, 1.807) is 0 Å². The fourth-order valence-corrected chi connectivity index (χ4v) is 4.76. The van der Waals surface area contributed by atoms with Crippen molar-refractivity contribution in [3.63, 3.8) is 0 Å². The molecule has 2 atom stereocenters. The van der Waals surface area contributed by atoms with E-state index in [-0.39, 0.29) is 0 Å². The van der Waals surface area contributed by atoms with Gasteiger partial charge in [0.05, 0.1) is 0 Å². The fourth-order valence-electron chi connectivity index (χ4n) is 4.76. The molecule has 0 spiro atoms. The molecular weight excluding hydrogens is 244 g/mol. The molecule has 20 heavy (non-hydrogen) atoms. The summed E-state index contributed by atoms with van der Waals surface area (Å²) >= 11 is 0. The first-order chi connectivity index (χ1) is 9.69. The van der Waals surface area contributed by atoms with Gasteiger partial charge in [-0.3, -0.25) is 0 Å². The number of nitrogens with zero attached hydrogens (tertiary/aromatic N) is 1. The zero-order valence-electron chi connectivity index (χ0n) is 13.7. The third kappa shape index (κ3) is 3.57. The first-order valence-corrected chi connectivity index (χ1v) is 9.12. The summed E-state index contributed by atoms with van der Waals surface area (Å²) in [6.07, 6.45) is 14.5. The molecule has 3 saturated carbocycles. The van der Waals surface area contributed by atoms with Gasteiger partial charge in [-0.2, -0.15) is 0 Å². The Balaban J connectivity index is 1.56. The number of hydrogen-bond acceptors (Lipinski definition) is 2. The van der Waals surface area contributed by atoms with Crippen molar-refractivity contribution < 1.29 is 0 Å². The smallest absolute Gasteiger partial charge is 0.0118 e. The van der Waals surface area contributed by atoms with Gasteiger partial charge in [0.2, 0.25) is 0 Å². The topological polar surface area (TPSA) is 15.3 Å². The largest absolute Gasteiger partial charge is 0.313 e. The molecule has 2 heteroatoms. The summed E-state index contributed by atoms with van der Waals surface area (Å²) in [5, 5.41) is 3.83. The van der Waals surface area contributed by atoms with Gasteiger partial charge in [0, 0.05) is 25.2 Å². The lowest BCUT2D eigenvalue weighted by Crippen LogP contribution is -2.47. The van der Waals surface area contributed by atoms with E-state index in [1.165, 1.54) is 77.3 Å². The Hall–Kier alpha value is -0.0800. The highest BCUT2D eigenvalue weighted by Crippen LogP contribution is 2.40. The number of rotatable bonds is 6. The molecule has 0 amide bonds. The van der Waals surface area contributed by atoms with Crippen LogP contribution in [0.1, 0.15) is 71.1 Å². The second-order valence-corrected chi connectivity index (χ2v) is 8.11. The third-order valence-electron chi connectivity index (χ3n) is 6.22. The molecule has 0 aliphatic heterocycles. The van der Waals surface area contributed by atoms with Crippen molar-refractivity contribution in [2.75, 3.05) is 20.1 Å². The number of hydrogen-bond donors (Lipinski definition) is 1. The van der Waals surface area contributed by atoms with Crippen LogP contribution in [0.5, 0.6) is 0 Å². The van der Waals surface area contributed by atoms with Gasteiger partial charge in [-0.15, -0.1) is 0 Å². The van der Waals surface area contributed by atoms with Crippen LogP contribution in [0.2, 0.25) is 0 Å². The van der Waals surface area contributed by atoms with E-state index in [9.17, 15) is 0 Å². The van der Waals surface area contributed by atoms with Crippen LogP contribution in [0.15, 0.2) is 0 Å². The van der Waals surface area contributed by atoms with E-state index >= 15 is 0 Å². The van der Waals surface area contributed by atoms with E-state index in [2.05, 4.69) is 24.2 Å². The fraction of sp³-hybridized carbons (Fsp3) is 1.00. The molecule has 1 N–H and O–H groups in total. The van der Waals surface area contributed by atoms with E-state index in [1.807, 2.05) is 0 Å². The van der Waals surface area contributed by atoms with E-state index in [0.717, 1.165) is 18.0 Å². The van der Waals surface area contributed by atoms with Gasteiger partial charge in [0.15, 0.2) is 0 Å². The van der Waals surface area contributed by atoms with Crippen LogP contribution in [0.3, 0.4) is 0 Å². The Kier molecular flexibility index (Phi) is 4.72. The Bertz CT molecular complexity index is 305. The van der Waals surface area contributed by atoms with Gasteiger partial charge in [0.25, 0.3) is 0 Å². The molecule has 0 saturated heterocycles. The minimum Gasteiger partial charge on any atom is -0.313 e. The molecule has 0 aromatic rings. The average molecular weight is 278 g/mol. The second kappa shape index (κ2) is 6.36. The number of nitrogens with one attached hydrogen (secondary N) is 1. The van der Waals surface area contributed by atoms with Crippen molar-refractivity contribution in [1.29, 1.82) is 0 Å². The SMILES string of the molecule is CC1CCCCC1N(C)CC1(CNC2CC2)CCCC1. The standard InChI is InChI=1S/C18H34N2/c1-15-7-3-4-8-17(15)20(2)14-18(11-5-6-12-18)13-19-16-9-10-16/h15-17,19H,3-14H2,1-2H3. The average Bonchev–Trinajstić information content (AvgIpc) is 3.17. The summed E-state index contributed by atoms with van der Waals surface area (Å²) in [7, 11) is 2.41. The van der Waals surface area contributed by atoms with E-state index < -0.39 is 0 Å². The van der Waals surface area contributed by atoms with Crippen molar-refractivity contribution in [3.05, 3.63) is 0 Å². The van der Waals surface area contributed by atoms with E-state index in [0.29, 0.717) is 5.41 Å². The van der Waals surface area contributed by atoms with Crippen LogP contribution in [0, 0.1) is 11.3 Å². The lowest BCUT2D eigenvalue weighted by atomic mass is 9.81. The normalized spacial score (nSPS) is 33.8. The minimum atomic E-state index is 0.592. The molecule has 0 heterocycles. The van der Waals surface area contributed by atoms with Gasteiger partial charge in [0.1, 0.15) is 0 Å². The Labute approximate surface area is 125 Å². The van der Waals surface area contributed by atoms with Gasteiger partial charge in [-0.25, -0.2) is 0 Å². The Morgan fingerprint density at radius 3 is 2.35 bits per heavy atom. The molecule has 0 bridgehead atoms. The van der Waals surface area contributed by atoms with Gasteiger partial charge in [-0.1, -0.05) is 32.6 Å². The van der Waals surface area contributed by atoms with Crippen molar-refractivity contribution in [3.8, 4) is 0 Å². The van der Waals surface area contributed by atoms with Gasteiger partial charge < -0.3 is 10.2 Å². The van der Waals surface area contributed by atoms with E-state index in [4.69, 9.17) is 0 Å². The molecule has 0 radical (unpaired) electrons. The quantitative estimate of drug-likeness (QED) is 0.795. The molecule has 3 fully saturated rings. The molecule has 3 aliphatic carbocycles. The molecule has 116 valence electrons. The minimum absolute atomic E-state index is 0.592. The maximum absolute atomic E-state index is 3.83. The van der Waals surface area contributed by atoms with Crippen molar-refractivity contribution >= 4 is 0 Å². The monoisotopic (exact) mass is 278 g/mol. The first-order valence-electron chi connectivity index (χ1n) is 9.12. The summed E-state index contributed by atoms with van der Waals surface area (Å²) in [5.41, 5.74) is 0.592. The van der Waals surface area contributed by atoms with Gasteiger partial charge in [-0.05, 0) is 56.9 Å².